The second kappa shape index (κ2) is 11.2. The zero-order valence-electron chi connectivity index (χ0n) is 15.9. The Kier molecular flexibility index (Phi) is 8.62. The number of ether oxygens (including phenoxy) is 2. The van der Waals surface area contributed by atoms with E-state index in [1.165, 1.54) is 11.1 Å². The van der Waals surface area contributed by atoms with Gasteiger partial charge in [0.2, 0.25) is 0 Å². The molecule has 0 bridgehead atoms. The van der Waals surface area contributed by atoms with E-state index in [9.17, 15) is 4.79 Å². The summed E-state index contributed by atoms with van der Waals surface area (Å²) in [4.78, 5) is 13.1. The number of amides is 1. The standard InChI is InChI=1S/C20H19Cl4N3O3/c21-15-2-1-14(16(22)9-15)12-30-20-17(23)7-13(8-18(20)24)10-25-26-19(28)11-27-3-5-29-6-4-27/h1-2,7-10H,3-6,11-12H2,(H,26,28)/p+1. The summed E-state index contributed by atoms with van der Waals surface area (Å²) in [5, 5.41) is 5.65. The van der Waals surface area contributed by atoms with Gasteiger partial charge in [0.25, 0.3) is 5.91 Å². The fourth-order valence-corrected chi connectivity index (χ4v) is 3.94. The predicted molar refractivity (Wildman–Crippen MR) is 119 cm³/mol. The molecule has 10 heteroatoms. The normalized spacial score (nSPS) is 14.8. The molecule has 6 nitrogen and oxygen atoms in total. The summed E-state index contributed by atoms with van der Waals surface area (Å²) in [6, 6.07) is 8.43. The van der Waals surface area contributed by atoms with Gasteiger partial charge in [0.15, 0.2) is 12.3 Å². The lowest BCUT2D eigenvalue weighted by atomic mass is 10.2. The maximum absolute atomic E-state index is 12.0. The molecule has 160 valence electrons. The van der Waals surface area contributed by atoms with Crippen molar-refractivity contribution in [2.75, 3.05) is 32.8 Å². The van der Waals surface area contributed by atoms with Crippen LogP contribution in [0.15, 0.2) is 35.4 Å². The zero-order chi connectivity index (χ0) is 21.5. The summed E-state index contributed by atoms with van der Waals surface area (Å²) in [6.45, 7) is 3.49. The molecule has 1 saturated heterocycles. The largest absolute Gasteiger partial charge is 0.486 e. The molecular formula is C20H20Cl4N3O3+. The first-order valence-electron chi connectivity index (χ1n) is 9.21. The average Bonchev–Trinajstić information content (AvgIpc) is 2.69. The summed E-state index contributed by atoms with van der Waals surface area (Å²) < 4.78 is 11.0. The molecule has 2 aromatic rings. The Morgan fingerprint density at radius 2 is 1.80 bits per heavy atom. The minimum Gasteiger partial charge on any atom is -0.486 e. The number of rotatable bonds is 7. The molecule has 1 amide bonds. The Labute approximate surface area is 194 Å². The van der Waals surface area contributed by atoms with Gasteiger partial charge >= 0.3 is 0 Å². The van der Waals surface area contributed by atoms with Gasteiger partial charge in [-0.05, 0) is 29.8 Å². The maximum atomic E-state index is 12.0. The van der Waals surface area contributed by atoms with Gasteiger partial charge in [0.1, 0.15) is 19.7 Å². The van der Waals surface area contributed by atoms with Crippen molar-refractivity contribution in [3.63, 3.8) is 0 Å². The molecule has 30 heavy (non-hydrogen) atoms. The van der Waals surface area contributed by atoms with E-state index < -0.39 is 0 Å². The van der Waals surface area contributed by atoms with Crippen molar-refractivity contribution in [3.8, 4) is 5.75 Å². The van der Waals surface area contributed by atoms with Crippen molar-refractivity contribution in [2.24, 2.45) is 5.10 Å². The van der Waals surface area contributed by atoms with E-state index in [1.54, 1.807) is 30.3 Å². The Bertz CT molecular complexity index is 911. The van der Waals surface area contributed by atoms with Gasteiger partial charge < -0.3 is 14.4 Å². The number of hydrazone groups is 1. The number of nitrogens with zero attached hydrogens (tertiary/aromatic N) is 1. The third kappa shape index (κ3) is 6.74. The highest BCUT2D eigenvalue weighted by atomic mass is 35.5. The first kappa shape index (κ1) is 23.1. The minimum absolute atomic E-state index is 0.167. The smallest absolute Gasteiger partial charge is 0.295 e. The number of morpholine rings is 1. The van der Waals surface area contributed by atoms with Gasteiger partial charge in [0.05, 0.1) is 29.5 Å². The topological polar surface area (TPSA) is 64.4 Å². The van der Waals surface area contributed by atoms with Gasteiger partial charge in [-0.3, -0.25) is 4.79 Å². The average molecular weight is 492 g/mol. The van der Waals surface area contributed by atoms with Gasteiger partial charge in [-0.1, -0.05) is 52.5 Å². The molecule has 0 radical (unpaired) electrons. The molecule has 2 N–H and O–H groups in total. The van der Waals surface area contributed by atoms with Crippen LogP contribution in [0.25, 0.3) is 0 Å². The molecule has 0 spiro atoms. The lowest BCUT2D eigenvalue weighted by Crippen LogP contribution is -3.15. The van der Waals surface area contributed by atoms with Crippen LogP contribution in [-0.4, -0.2) is 45.0 Å². The van der Waals surface area contributed by atoms with Crippen LogP contribution in [0.5, 0.6) is 5.75 Å². The highest BCUT2D eigenvalue weighted by molar-refractivity contribution is 6.37. The van der Waals surface area contributed by atoms with E-state index in [-0.39, 0.29) is 12.5 Å². The third-order valence-electron chi connectivity index (χ3n) is 4.42. The number of hydrogen-bond acceptors (Lipinski definition) is 4. The number of carbonyl (C=O) groups is 1. The molecule has 0 aromatic heterocycles. The molecule has 2 aromatic carbocycles. The van der Waals surface area contributed by atoms with Crippen LogP contribution in [0.1, 0.15) is 11.1 Å². The van der Waals surface area contributed by atoms with Gasteiger partial charge in [0, 0.05) is 15.6 Å². The van der Waals surface area contributed by atoms with Crippen molar-refractivity contribution in [1.82, 2.24) is 5.43 Å². The summed E-state index contributed by atoms with van der Waals surface area (Å²) in [6.07, 6.45) is 1.48. The number of nitrogens with one attached hydrogen (secondary N) is 2. The molecule has 0 saturated carbocycles. The van der Waals surface area contributed by atoms with Crippen LogP contribution >= 0.6 is 46.4 Å². The van der Waals surface area contributed by atoms with Crippen molar-refractivity contribution < 1.29 is 19.2 Å². The molecular weight excluding hydrogens is 472 g/mol. The van der Waals surface area contributed by atoms with Gasteiger partial charge in [-0.25, -0.2) is 5.43 Å². The molecule has 3 rings (SSSR count). The fraction of sp³-hybridized carbons (Fsp3) is 0.300. The lowest BCUT2D eigenvalue weighted by molar-refractivity contribution is -0.900. The zero-order valence-corrected chi connectivity index (χ0v) is 18.9. The SMILES string of the molecule is O=C(C[NH+]1CCOCC1)NN=Cc1cc(Cl)c(OCc2ccc(Cl)cc2Cl)c(Cl)c1. The first-order valence-corrected chi connectivity index (χ1v) is 10.7. The molecule has 0 aliphatic carbocycles. The number of hydrogen-bond donors (Lipinski definition) is 2. The Balaban J connectivity index is 1.56. The van der Waals surface area contributed by atoms with Crippen LogP contribution in [0.4, 0.5) is 0 Å². The van der Waals surface area contributed by atoms with Crippen LogP contribution in [0.2, 0.25) is 20.1 Å². The number of benzene rings is 2. The minimum atomic E-state index is -0.167. The highest BCUT2D eigenvalue weighted by Crippen LogP contribution is 2.35. The Morgan fingerprint density at radius 3 is 2.47 bits per heavy atom. The highest BCUT2D eigenvalue weighted by Gasteiger charge is 2.17. The van der Waals surface area contributed by atoms with E-state index in [1.807, 2.05) is 0 Å². The molecule has 0 atom stereocenters. The summed E-state index contributed by atoms with van der Waals surface area (Å²) >= 11 is 24.7. The maximum Gasteiger partial charge on any atom is 0.295 e. The van der Waals surface area contributed by atoms with E-state index in [0.717, 1.165) is 18.7 Å². The van der Waals surface area contributed by atoms with Crippen LogP contribution in [0, 0.1) is 0 Å². The van der Waals surface area contributed by atoms with E-state index in [4.69, 9.17) is 55.9 Å². The van der Waals surface area contributed by atoms with E-state index in [0.29, 0.717) is 51.2 Å². The van der Waals surface area contributed by atoms with Crippen molar-refractivity contribution in [3.05, 3.63) is 61.5 Å². The molecule has 1 aliphatic heterocycles. The number of carbonyl (C=O) groups excluding carboxylic acids is 1. The van der Waals surface area contributed by atoms with Crippen LogP contribution < -0.4 is 15.1 Å². The Morgan fingerprint density at radius 1 is 1.10 bits per heavy atom. The fourth-order valence-electron chi connectivity index (χ4n) is 2.86. The second-order valence-electron chi connectivity index (χ2n) is 6.67. The first-order chi connectivity index (χ1) is 14.4. The lowest BCUT2D eigenvalue weighted by Gasteiger charge is -2.22. The molecule has 1 aliphatic rings. The van der Waals surface area contributed by atoms with E-state index in [2.05, 4.69) is 10.5 Å². The molecule has 0 unspecified atom stereocenters. The second-order valence-corrected chi connectivity index (χ2v) is 8.33. The van der Waals surface area contributed by atoms with Crippen LogP contribution in [0.3, 0.4) is 0 Å². The van der Waals surface area contributed by atoms with Gasteiger partial charge in [-0.2, -0.15) is 5.10 Å². The van der Waals surface area contributed by atoms with Crippen molar-refractivity contribution in [2.45, 2.75) is 6.61 Å². The molecule has 1 heterocycles. The van der Waals surface area contributed by atoms with Crippen molar-refractivity contribution >= 4 is 58.5 Å². The number of halogens is 4. The number of quaternary nitrogens is 1. The predicted octanol–water partition coefficient (Wildman–Crippen LogP) is 3.24. The van der Waals surface area contributed by atoms with Crippen molar-refractivity contribution in [1.29, 1.82) is 0 Å². The quantitative estimate of drug-likeness (QED) is 0.461. The van der Waals surface area contributed by atoms with E-state index >= 15 is 0 Å². The summed E-state index contributed by atoms with van der Waals surface area (Å²) in [5.41, 5.74) is 3.89. The van der Waals surface area contributed by atoms with Gasteiger partial charge in [-0.15, -0.1) is 0 Å². The summed E-state index contributed by atoms with van der Waals surface area (Å²) in [7, 11) is 0. The van der Waals surface area contributed by atoms with Crippen LogP contribution in [-0.2, 0) is 16.1 Å². The third-order valence-corrected chi connectivity index (χ3v) is 5.57. The Hall–Kier alpha value is -1.54. The monoisotopic (exact) mass is 490 g/mol. The molecule has 1 fully saturated rings. The summed E-state index contributed by atoms with van der Waals surface area (Å²) in [5.74, 6) is 0.168.